The fraction of sp³-hybridized carbons (Fsp3) is 0.353. The maximum atomic E-state index is 14.3. The number of aromatic amines is 1. The summed E-state index contributed by atoms with van der Waals surface area (Å²) in [5.74, 6) is 0.857. The van der Waals surface area contributed by atoms with Crippen LogP contribution in [0.2, 0.25) is 10.2 Å². The number of H-pyrrole nitrogens is 1. The second-order valence-electron chi connectivity index (χ2n) is 6.83. The molecule has 0 unspecified atom stereocenters. The second kappa shape index (κ2) is 5.69. The predicted octanol–water partition coefficient (Wildman–Crippen LogP) is 3.66. The first-order valence-electron chi connectivity index (χ1n) is 8.40. The lowest BCUT2D eigenvalue weighted by atomic mass is 10.1. The van der Waals surface area contributed by atoms with Gasteiger partial charge >= 0.3 is 0 Å². The van der Waals surface area contributed by atoms with Gasteiger partial charge in [0.2, 0.25) is 0 Å². The van der Waals surface area contributed by atoms with Crippen LogP contribution in [0.4, 0.5) is 16.0 Å². The summed E-state index contributed by atoms with van der Waals surface area (Å²) in [6.07, 6.45) is 5.24. The summed E-state index contributed by atoms with van der Waals surface area (Å²) in [7, 11) is 0. The second-order valence-corrected chi connectivity index (χ2v) is 7.62. The quantitative estimate of drug-likeness (QED) is 0.674. The van der Waals surface area contributed by atoms with Crippen LogP contribution in [-0.2, 0) is 0 Å². The number of fused-ring (bicyclic) bond motifs is 1. The molecule has 2 fully saturated rings. The molecule has 1 spiro atoms. The van der Waals surface area contributed by atoms with Crippen molar-refractivity contribution in [2.45, 2.75) is 18.4 Å². The molecule has 9 heteroatoms. The highest BCUT2D eigenvalue weighted by molar-refractivity contribution is 6.34. The molecule has 0 bridgehead atoms. The Bertz CT molecular complexity index is 1000. The Morgan fingerprint density at radius 3 is 2.77 bits per heavy atom. The Balaban J connectivity index is 1.48. The summed E-state index contributed by atoms with van der Waals surface area (Å²) in [6, 6.07) is 3.23. The summed E-state index contributed by atoms with van der Waals surface area (Å²) < 4.78 is 14.3. The highest BCUT2D eigenvalue weighted by Gasteiger charge is 2.52. The fourth-order valence-corrected chi connectivity index (χ4v) is 4.15. The van der Waals surface area contributed by atoms with Crippen LogP contribution < -0.4 is 9.80 Å². The number of hydrogen-bond donors (Lipinski definition) is 1. The van der Waals surface area contributed by atoms with Gasteiger partial charge in [0.05, 0.1) is 10.6 Å². The van der Waals surface area contributed by atoms with Gasteiger partial charge in [0.1, 0.15) is 5.52 Å². The van der Waals surface area contributed by atoms with Crippen molar-refractivity contribution >= 4 is 45.7 Å². The lowest BCUT2D eigenvalue weighted by Crippen LogP contribution is -2.56. The van der Waals surface area contributed by atoms with E-state index in [4.69, 9.17) is 23.2 Å². The molecule has 1 aliphatic heterocycles. The maximum absolute atomic E-state index is 14.3. The molecule has 0 amide bonds. The monoisotopic (exact) mass is 392 g/mol. The average molecular weight is 393 g/mol. The van der Waals surface area contributed by atoms with Crippen molar-refractivity contribution in [3.05, 3.63) is 40.5 Å². The maximum Gasteiger partial charge on any atom is 0.167 e. The van der Waals surface area contributed by atoms with E-state index in [0.717, 1.165) is 36.1 Å². The number of nitrogens with zero attached hydrogens (tertiary/aromatic N) is 5. The Labute approximate surface area is 158 Å². The third kappa shape index (κ3) is 2.41. The van der Waals surface area contributed by atoms with E-state index in [1.165, 1.54) is 12.3 Å². The van der Waals surface area contributed by atoms with Crippen LogP contribution in [-0.4, -0.2) is 45.3 Å². The summed E-state index contributed by atoms with van der Waals surface area (Å²) >= 11 is 12.0. The van der Waals surface area contributed by atoms with Crippen molar-refractivity contribution in [1.29, 1.82) is 0 Å². The van der Waals surface area contributed by atoms with Crippen molar-refractivity contribution < 1.29 is 4.39 Å². The van der Waals surface area contributed by atoms with E-state index >= 15 is 0 Å². The molecule has 6 nitrogen and oxygen atoms in total. The number of piperazine rings is 1. The van der Waals surface area contributed by atoms with Crippen molar-refractivity contribution in [3.8, 4) is 0 Å². The molecule has 1 saturated heterocycles. The van der Waals surface area contributed by atoms with Gasteiger partial charge in [-0.15, -0.1) is 0 Å². The van der Waals surface area contributed by atoms with E-state index in [1.807, 2.05) is 11.0 Å². The van der Waals surface area contributed by atoms with Gasteiger partial charge in [-0.1, -0.05) is 23.2 Å². The smallest absolute Gasteiger partial charge is 0.167 e. The van der Waals surface area contributed by atoms with Crippen LogP contribution in [0.5, 0.6) is 0 Å². The predicted molar refractivity (Wildman–Crippen MR) is 99.6 cm³/mol. The first-order chi connectivity index (χ1) is 12.6. The van der Waals surface area contributed by atoms with Crippen molar-refractivity contribution in [2.24, 2.45) is 0 Å². The fourth-order valence-electron chi connectivity index (χ4n) is 3.81. The Morgan fingerprint density at radius 2 is 2.00 bits per heavy atom. The number of aromatic nitrogens is 4. The van der Waals surface area contributed by atoms with Crippen molar-refractivity contribution in [1.82, 2.24) is 20.2 Å². The Morgan fingerprint density at radius 1 is 1.15 bits per heavy atom. The van der Waals surface area contributed by atoms with E-state index in [1.54, 1.807) is 6.20 Å². The first-order valence-corrected chi connectivity index (χ1v) is 9.15. The lowest BCUT2D eigenvalue weighted by Gasteiger charge is -2.43. The van der Waals surface area contributed by atoms with Crippen LogP contribution in [0.1, 0.15) is 12.8 Å². The molecule has 26 heavy (non-hydrogen) atoms. The number of rotatable bonds is 2. The molecule has 3 aromatic rings. The van der Waals surface area contributed by atoms with Gasteiger partial charge in [-0.3, -0.25) is 5.10 Å². The van der Waals surface area contributed by atoms with Crippen LogP contribution in [0.25, 0.3) is 10.9 Å². The molecule has 1 saturated carbocycles. The average Bonchev–Trinajstić information content (AvgIpc) is 3.23. The summed E-state index contributed by atoms with van der Waals surface area (Å²) in [5, 5.41) is 9.16. The molecule has 1 aliphatic carbocycles. The minimum atomic E-state index is -0.384. The van der Waals surface area contributed by atoms with Crippen molar-refractivity contribution in [3.63, 3.8) is 0 Å². The molecule has 0 aromatic carbocycles. The molecular weight excluding hydrogens is 378 g/mol. The van der Waals surface area contributed by atoms with E-state index in [-0.39, 0.29) is 11.4 Å². The molecule has 134 valence electrons. The molecule has 0 atom stereocenters. The topological polar surface area (TPSA) is 60.9 Å². The lowest BCUT2D eigenvalue weighted by molar-refractivity contribution is 0.494. The van der Waals surface area contributed by atoms with Crippen LogP contribution in [0.15, 0.2) is 24.5 Å². The first kappa shape index (κ1) is 16.1. The molecule has 0 radical (unpaired) electrons. The molecule has 3 aromatic heterocycles. The Kier molecular flexibility index (Phi) is 3.52. The zero-order valence-electron chi connectivity index (χ0n) is 13.7. The van der Waals surface area contributed by atoms with E-state index in [2.05, 4.69) is 25.1 Å². The van der Waals surface area contributed by atoms with Gasteiger partial charge < -0.3 is 9.80 Å². The van der Waals surface area contributed by atoms with Crippen LogP contribution in [0, 0.1) is 5.82 Å². The van der Waals surface area contributed by atoms with Gasteiger partial charge in [0.25, 0.3) is 0 Å². The van der Waals surface area contributed by atoms with Gasteiger partial charge in [0, 0.05) is 37.4 Å². The van der Waals surface area contributed by atoms with Crippen molar-refractivity contribution in [2.75, 3.05) is 29.4 Å². The number of halogens is 3. The van der Waals surface area contributed by atoms with Gasteiger partial charge in [-0.2, -0.15) is 5.10 Å². The number of nitrogens with one attached hydrogen (secondary N) is 1. The minimum Gasteiger partial charge on any atom is -0.350 e. The number of hydrogen-bond acceptors (Lipinski definition) is 5. The molecule has 1 N–H and O–H groups in total. The van der Waals surface area contributed by atoms with Crippen LogP contribution >= 0.6 is 23.2 Å². The SMILES string of the molecule is Fc1cc(Cl)cnc1N1CCN(c2n[nH]c3c(Cl)nccc23)C2(CC2)C1. The standard InChI is InChI=1S/C17H15Cl2FN6/c18-10-7-12(20)16(22-8-10)25-5-6-26(17(9-25)2-3-17)15-11-1-4-21-14(19)13(11)23-24-15/h1,4,7-8H,2-3,5-6,9H2,(H,23,24). The third-order valence-electron chi connectivity index (χ3n) is 5.24. The normalized spacial score (nSPS) is 18.7. The van der Waals surface area contributed by atoms with Gasteiger partial charge in [-0.05, 0) is 25.0 Å². The zero-order chi connectivity index (χ0) is 17.9. The highest BCUT2D eigenvalue weighted by Crippen LogP contribution is 2.48. The van der Waals surface area contributed by atoms with Gasteiger partial charge in [-0.25, -0.2) is 14.4 Å². The number of pyridine rings is 2. The minimum absolute atomic E-state index is 0.0517. The summed E-state index contributed by atoms with van der Waals surface area (Å²) in [4.78, 5) is 12.6. The van der Waals surface area contributed by atoms with E-state index in [9.17, 15) is 4.39 Å². The molecule has 5 rings (SSSR count). The van der Waals surface area contributed by atoms with Gasteiger partial charge in [0.15, 0.2) is 22.6 Å². The third-order valence-corrected chi connectivity index (χ3v) is 5.73. The molecular formula is C17H15Cl2FN6. The molecule has 2 aliphatic rings. The zero-order valence-corrected chi connectivity index (χ0v) is 15.2. The van der Waals surface area contributed by atoms with E-state index in [0.29, 0.717) is 29.1 Å². The summed E-state index contributed by atoms with van der Waals surface area (Å²) in [6.45, 7) is 2.08. The molecule has 4 heterocycles. The highest BCUT2D eigenvalue weighted by atomic mass is 35.5. The Hall–Kier alpha value is -2.12. The number of anilines is 2. The summed E-state index contributed by atoms with van der Waals surface area (Å²) in [5.41, 5.74) is 0.692. The van der Waals surface area contributed by atoms with E-state index < -0.39 is 0 Å². The largest absolute Gasteiger partial charge is 0.350 e. The van der Waals surface area contributed by atoms with Crippen LogP contribution in [0.3, 0.4) is 0 Å².